The van der Waals surface area contributed by atoms with Crippen LogP contribution in [0.4, 0.5) is 11.4 Å². The third-order valence-electron chi connectivity index (χ3n) is 7.18. The zero-order valence-electron chi connectivity index (χ0n) is 19.1. The number of rotatable bonds is 5. The Hall–Kier alpha value is -2.68. The fourth-order valence-electron chi connectivity index (χ4n) is 5.06. The number of nitrogens with one attached hydrogen (secondary N) is 3. The minimum atomic E-state index is -1.69. The Labute approximate surface area is 203 Å². The maximum Gasteiger partial charge on any atom is 0.232 e. The van der Waals surface area contributed by atoms with Gasteiger partial charge in [-0.25, -0.2) is 0 Å². The van der Waals surface area contributed by atoms with E-state index in [0.717, 1.165) is 16.9 Å². The van der Waals surface area contributed by atoms with Gasteiger partial charge in [-0.15, -0.1) is 0 Å². The standard InChI is InChI=1S/C25H30ClN5O3/c1-24(13-21(32)31(23(27)30-24)17-9-11-25(33,34)12-10-17)18-3-2-4-20(22(18)26)29-16-7-8-19(28-14-16)15-5-6-15/h2-4,7-8,14-15,17,29,33-34H,5-6,9-13H2,1H3,(H2,27,30)/t24-/m0/s1. The summed E-state index contributed by atoms with van der Waals surface area (Å²) >= 11 is 6.81. The Kier molecular flexibility index (Phi) is 5.78. The number of nitrogens with zero attached hydrogens (tertiary/aromatic N) is 2. The molecule has 2 heterocycles. The maximum absolute atomic E-state index is 13.2. The fourth-order valence-corrected chi connectivity index (χ4v) is 5.44. The van der Waals surface area contributed by atoms with Crippen molar-refractivity contribution in [3.8, 4) is 0 Å². The molecule has 3 fully saturated rings. The smallest absolute Gasteiger partial charge is 0.232 e. The number of amides is 1. The number of guanidine groups is 1. The largest absolute Gasteiger partial charge is 0.366 e. The molecule has 3 aliphatic rings. The predicted molar refractivity (Wildman–Crippen MR) is 130 cm³/mol. The first-order chi connectivity index (χ1) is 16.2. The first-order valence-corrected chi connectivity index (χ1v) is 12.2. The van der Waals surface area contributed by atoms with Gasteiger partial charge in [0.05, 0.1) is 34.6 Å². The molecule has 1 atom stereocenters. The van der Waals surface area contributed by atoms with Gasteiger partial charge in [-0.2, -0.15) is 0 Å². The van der Waals surface area contributed by atoms with Crippen LogP contribution in [0.1, 0.15) is 69.0 Å². The van der Waals surface area contributed by atoms with Gasteiger partial charge in [0.15, 0.2) is 11.7 Å². The third-order valence-corrected chi connectivity index (χ3v) is 7.59. The summed E-state index contributed by atoms with van der Waals surface area (Å²) in [6.45, 7) is 1.88. The van der Waals surface area contributed by atoms with Crippen LogP contribution in [0.2, 0.25) is 5.02 Å². The lowest BCUT2D eigenvalue weighted by molar-refractivity contribution is -0.187. The van der Waals surface area contributed by atoms with Crippen molar-refractivity contribution in [2.24, 2.45) is 0 Å². The molecule has 1 amide bonds. The molecular formula is C25H30ClN5O3. The molecule has 0 unspecified atom stereocenters. The summed E-state index contributed by atoms with van der Waals surface area (Å²) in [7, 11) is 0. The van der Waals surface area contributed by atoms with Crippen molar-refractivity contribution in [3.63, 3.8) is 0 Å². The molecule has 0 spiro atoms. The molecule has 0 bridgehead atoms. The van der Waals surface area contributed by atoms with Crippen LogP contribution in [0, 0.1) is 5.41 Å². The fraction of sp³-hybridized carbons (Fsp3) is 0.480. The van der Waals surface area contributed by atoms with Gasteiger partial charge >= 0.3 is 0 Å². The summed E-state index contributed by atoms with van der Waals surface area (Å²) in [6.07, 6.45) is 5.59. The molecule has 1 aromatic carbocycles. The summed E-state index contributed by atoms with van der Waals surface area (Å²) in [6, 6.07) is 9.45. The van der Waals surface area contributed by atoms with E-state index < -0.39 is 11.3 Å². The van der Waals surface area contributed by atoms with Gasteiger partial charge in [0, 0.05) is 30.5 Å². The minimum absolute atomic E-state index is 0.0152. The number of halogens is 1. The highest BCUT2D eigenvalue weighted by Crippen LogP contribution is 2.41. The normalized spacial score (nSPS) is 25.2. The zero-order chi connectivity index (χ0) is 24.1. The van der Waals surface area contributed by atoms with E-state index in [1.54, 1.807) is 0 Å². The second-order valence-electron chi connectivity index (χ2n) is 10.00. The van der Waals surface area contributed by atoms with Gasteiger partial charge in [-0.3, -0.25) is 20.1 Å². The molecule has 9 heteroatoms. The summed E-state index contributed by atoms with van der Waals surface area (Å²) in [5, 5.41) is 35.2. The van der Waals surface area contributed by atoms with E-state index in [2.05, 4.69) is 15.6 Å². The van der Waals surface area contributed by atoms with Crippen molar-refractivity contribution in [1.29, 1.82) is 5.41 Å². The Bertz CT molecular complexity index is 1090. The van der Waals surface area contributed by atoms with Crippen molar-refractivity contribution in [2.45, 2.75) is 75.2 Å². The van der Waals surface area contributed by atoms with Gasteiger partial charge in [0.25, 0.3) is 0 Å². The summed E-state index contributed by atoms with van der Waals surface area (Å²) < 4.78 is 0. The van der Waals surface area contributed by atoms with Gasteiger partial charge < -0.3 is 20.8 Å². The quantitative estimate of drug-likeness (QED) is 0.410. The highest BCUT2D eigenvalue weighted by Gasteiger charge is 2.45. The van der Waals surface area contributed by atoms with Crippen LogP contribution in [-0.4, -0.2) is 43.8 Å². The number of anilines is 2. The summed E-state index contributed by atoms with van der Waals surface area (Å²) in [5.74, 6) is -1.25. The predicted octanol–water partition coefficient (Wildman–Crippen LogP) is 3.95. The molecule has 1 saturated heterocycles. The number of hydrogen-bond acceptors (Lipinski definition) is 6. The van der Waals surface area contributed by atoms with Crippen LogP contribution in [-0.2, 0) is 10.3 Å². The topological polar surface area (TPSA) is 122 Å². The van der Waals surface area contributed by atoms with E-state index >= 15 is 0 Å². The number of aromatic nitrogens is 1. The molecule has 8 nitrogen and oxygen atoms in total. The van der Waals surface area contributed by atoms with Crippen LogP contribution < -0.4 is 10.6 Å². The molecule has 180 valence electrons. The monoisotopic (exact) mass is 483 g/mol. The third kappa shape index (κ3) is 4.50. The van der Waals surface area contributed by atoms with Crippen molar-refractivity contribution >= 4 is 34.8 Å². The van der Waals surface area contributed by atoms with Crippen molar-refractivity contribution < 1.29 is 15.0 Å². The van der Waals surface area contributed by atoms with Crippen molar-refractivity contribution in [2.75, 3.05) is 5.32 Å². The zero-order valence-corrected chi connectivity index (χ0v) is 19.9. The SMILES string of the molecule is C[C@@]1(c2cccc(Nc3ccc(C4CC4)nc3)c2Cl)CC(=O)N(C2CCC(O)(O)CC2)C(=N)N1. The van der Waals surface area contributed by atoms with Gasteiger partial charge in [0.2, 0.25) is 5.91 Å². The van der Waals surface area contributed by atoms with E-state index in [4.69, 9.17) is 17.0 Å². The first kappa shape index (κ1) is 23.1. The minimum Gasteiger partial charge on any atom is -0.366 e. The number of carbonyl (C=O) groups excluding carboxylic acids is 1. The molecular weight excluding hydrogens is 454 g/mol. The lowest BCUT2D eigenvalue weighted by Crippen LogP contribution is -2.62. The Morgan fingerprint density at radius 1 is 1.18 bits per heavy atom. The first-order valence-electron chi connectivity index (χ1n) is 11.8. The van der Waals surface area contributed by atoms with Gasteiger partial charge in [-0.1, -0.05) is 23.7 Å². The average molecular weight is 484 g/mol. The van der Waals surface area contributed by atoms with Crippen molar-refractivity contribution in [3.05, 3.63) is 52.8 Å². The van der Waals surface area contributed by atoms with Gasteiger partial charge in [-0.05, 0) is 56.4 Å². The number of pyridine rings is 1. The Morgan fingerprint density at radius 2 is 1.91 bits per heavy atom. The number of carbonyl (C=O) groups is 1. The van der Waals surface area contributed by atoms with Crippen LogP contribution in [0.15, 0.2) is 36.5 Å². The highest BCUT2D eigenvalue weighted by molar-refractivity contribution is 6.34. The molecule has 2 aromatic rings. The van der Waals surface area contributed by atoms with Gasteiger partial charge in [0.1, 0.15) is 0 Å². The molecule has 2 saturated carbocycles. The molecule has 34 heavy (non-hydrogen) atoms. The Balaban J connectivity index is 1.33. The lowest BCUT2D eigenvalue weighted by atomic mass is 9.84. The van der Waals surface area contributed by atoms with E-state index in [-0.39, 0.29) is 37.2 Å². The van der Waals surface area contributed by atoms with Crippen molar-refractivity contribution in [1.82, 2.24) is 15.2 Å². The Morgan fingerprint density at radius 3 is 2.53 bits per heavy atom. The van der Waals surface area contributed by atoms with E-state index in [1.807, 2.05) is 43.5 Å². The summed E-state index contributed by atoms with van der Waals surface area (Å²) in [5.41, 5.74) is 2.54. The van der Waals surface area contributed by atoms with Crippen LogP contribution in [0.5, 0.6) is 0 Å². The molecule has 5 rings (SSSR count). The second kappa shape index (κ2) is 8.52. The second-order valence-corrected chi connectivity index (χ2v) is 10.4. The lowest BCUT2D eigenvalue weighted by Gasteiger charge is -2.46. The molecule has 0 radical (unpaired) electrons. The van der Waals surface area contributed by atoms with E-state index in [1.165, 1.54) is 17.7 Å². The number of benzene rings is 1. The molecule has 2 aliphatic carbocycles. The maximum atomic E-state index is 13.2. The van der Waals surface area contributed by atoms with Crippen LogP contribution in [0.3, 0.4) is 0 Å². The van der Waals surface area contributed by atoms with E-state index in [9.17, 15) is 15.0 Å². The van der Waals surface area contributed by atoms with Crippen LogP contribution >= 0.6 is 11.6 Å². The number of aliphatic hydroxyl groups is 2. The molecule has 5 N–H and O–H groups in total. The van der Waals surface area contributed by atoms with Crippen LogP contribution in [0.25, 0.3) is 0 Å². The van der Waals surface area contributed by atoms with E-state index in [0.29, 0.717) is 29.5 Å². The highest BCUT2D eigenvalue weighted by atomic mass is 35.5. The average Bonchev–Trinajstić information content (AvgIpc) is 3.62. The molecule has 1 aromatic heterocycles. The summed E-state index contributed by atoms with van der Waals surface area (Å²) in [4.78, 5) is 19.2. The molecule has 1 aliphatic heterocycles. The number of hydrogen-bond donors (Lipinski definition) is 5.